The molecule has 0 saturated heterocycles. The monoisotopic (exact) mass is 777 g/mol. The SMILES string of the molecule is CC1(c2cccc(-c3ccc(N(c4ccc(-c5cccc(-c6ccccc6)c5)cc4)c4ccc(-c5cccc6ccccc56)cc4)cc3)c2)c2ccccc2-c2ccccc21. The van der Waals surface area contributed by atoms with Gasteiger partial charge in [-0.25, -0.2) is 0 Å². The van der Waals surface area contributed by atoms with Gasteiger partial charge in [0.2, 0.25) is 0 Å². The molecule has 0 radical (unpaired) electrons. The third-order valence-electron chi connectivity index (χ3n) is 12.8. The Balaban J connectivity index is 0.959. The molecule has 0 unspecified atom stereocenters. The average Bonchev–Trinajstić information content (AvgIpc) is 3.61. The van der Waals surface area contributed by atoms with Crippen molar-refractivity contribution in [3.63, 3.8) is 0 Å². The summed E-state index contributed by atoms with van der Waals surface area (Å²) >= 11 is 0. The molecule has 1 nitrogen and oxygen atoms in total. The van der Waals surface area contributed by atoms with Crippen molar-refractivity contribution < 1.29 is 0 Å². The largest absolute Gasteiger partial charge is 0.311 e. The van der Waals surface area contributed by atoms with Crippen molar-refractivity contribution in [3.8, 4) is 55.6 Å². The highest BCUT2D eigenvalue weighted by molar-refractivity contribution is 5.97. The van der Waals surface area contributed by atoms with E-state index in [0.29, 0.717) is 0 Å². The van der Waals surface area contributed by atoms with Gasteiger partial charge in [-0.1, -0.05) is 194 Å². The molecular formula is C60H43N. The Morgan fingerprint density at radius 3 is 1.31 bits per heavy atom. The van der Waals surface area contributed by atoms with Gasteiger partial charge in [0.25, 0.3) is 0 Å². The Hall–Kier alpha value is -7.74. The van der Waals surface area contributed by atoms with Crippen LogP contribution in [-0.4, -0.2) is 0 Å². The summed E-state index contributed by atoms with van der Waals surface area (Å²) in [6.45, 7) is 2.38. The maximum Gasteiger partial charge on any atom is 0.0462 e. The zero-order chi connectivity index (χ0) is 40.8. The molecule has 0 saturated carbocycles. The van der Waals surface area contributed by atoms with E-state index in [2.05, 4.69) is 254 Å². The standard InChI is InChI=1S/C60H43N/c1-60(58-26-9-7-23-56(58)57-24-8-10-27-59(57)60)50-21-12-20-49(41-50)44-30-36-52(37-31-44)61(53-38-32-46(33-39-53)55-25-13-17-45-16-5-6-22-54(45)55)51-34-28-43(29-35-51)48-19-11-18-47(40-48)42-14-3-2-4-15-42/h2-41H,1H3. The van der Waals surface area contributed by atoms with Crippen LogP contribution in [0.15, 0.2) is 243 Å². The van der Waals surface area contributed by atoms with Crippen molar-refractivity contribution in [3.05, 3.63) is 259 Å². The van der Waals surface area contributed by atoms with E-state index in [-0.39, 0.29) is 5.41 Å². The van der Waals surface area contributed by atoms with Crippen LogP contribution in [0.3, 0.4) is 0 Å². The molecule has 1 heteroatoms. The van der Waals surface area contributed by atoms with Crippen LogP contribution in [0.5, 0.6) is 0 Å². The van der Waals surface area contributed by atoms with Gasteiger partial charge in [-0.2, -0.15) is 0 Å². The van der Waals surface area contributed by atoms with Crippen LogP contribution in [0, 0.1) is 0 Å². The minimum atomic E-state index is -0.243. The lowest BCUT2D eigenvalue weighted by atomic mass is 9.74. The number of hydrogen-bond acceptors (Lipinski definition) is 1. The summed E-state index contributed by atoms with van der Waals surface area (Å²) in [6, 6.07) is 88.6. The quantitative estimate of drug-likeness (QED) is 0.149. The van der Waals surface area contributed by atoms with Crippen LogP contribution in [0.25, 0.3) is 66.4 Å². The Morgan fingerprint density at radius 1 is 0.295 bits per heavy atom. The fourth-order valence-corrected chi connectivity index (χ4v) is 9.60. The third-order valence-corrected chi connectivity index (χ3v) is 12.8. The van der Waals surface area contributed by atoms with Gasteiger partial charge < -0.3 is 4.90 Å². The molecule has 0 aliphatic heterocycles. The molecule has 288 valence electrons. The second kappa shape index (κ2) is 15.1. The van der Waals surface area contributed by atoms with E-state index in [0.717, 1.165) is 17.1 Å². The number of fused-ring (bicyclic) bond motifs is 4. The lowest BCUT2D eigenvalue weighted by Gasteiger charge is -2.29. The van der Waals surface area contributed by atoms with E-state index >= 15 is 0 Å². The molecule has 0 N–H and O–H groups in total. The molecule has 10 aromatic rings. The molecule has 11 rings (SSSR count). The lowest BCUT2D eigenvalue weighted by Crippen LogP contribution is -2.22. The van der Waals surface area contributed by atoms with Gasteiger partial charge >= 0.3 is 0 Å². The summed E-state index contributed by atoms with van der Waals surface area (Å²) in [6.07, 6.45) is 0. The molecule has 1 aliphatic carbocycles. The van der Waals surface area contributed by atoms with E-state index in [1.165, 1.54) is 83.1 Å². The first-order valence-electron chi connectivity index (χ1n) is 21.2. The highest BCUT2D eigenvalue weighted by atomic mass is 15.1. The summed E-state index contributed by atoms with van der Waals surface area (Å²) in [5.74, 6) is 0. The third kappa shape index (κ3) is 6.43. The number of nitrogens with zero attached hydrogens (tertiary/aromatic N) is 1. The number of anilines is 3. The fourth-order valence-electron chi connectivity index (χ4n) is 9.60. The van der Waals surface area contributed by atoms with Crippen LogP contribution >= 0.6 is 0 Å². The van der Waals surface area contributed by atoms with Crippen LogP contribution < -0.4 is 4.90 Å². The summed E-state index contributed by atoms with van der Waals surface area (Å²) in [7, 11) is 0. The Bertz CT molecular complexity index is 3130. The van der Waals surface area contributed by atoms with Crippen molar-refractivity contribution in [2.75, 3.05) is 4.90 Å². The van der Waals surface area contributed by atoms with Gasteiger partial charge in [0.15, 0.2) is 0 Å². The zero-order valence-corrected chi connectivity index (χ0v) is 34.0. The maximum absolute atomic E-state index is 2.39. The summed E-state index contributed by atoms with van der Waals surface area (Å²) in [4.78, 5) is 2.37. The van der Waals surface area contributed by atoms with Crippen molar-refractivity contribution in [2.45, 2.75) is 12.3 Å². The predicted molar refractivity (Wildman–Crippen MR) is 258 cm³/mol. The summed E-state index contributed by atoms with van der Waals surface area (Å²) < 4.78 is 0. The fraction of sp³-hybridized carbons (Fsp3) is 0.0333. The summed E-state index contributed by atoms with van der Waals surface area (Å²) in [5.41, 5.74) is 19.4. The van der Waals surface area contributed by atoms with E-state index in [1.54, 1.807) is 0 Å². The van der Waals surface area contributed by atoms with Crippen molar-refractivity contribution in [1.82, 2.24) is 0 Å². The molecule has 0 spiro atoms. The van der Waals surface area contributed by atoms with Gasteiger partial charge in [0, 0.05) is 22.5 Å². The first-order chi connectivity index (χ1) is 30.1. The van der Waals surface area contributed by atoms with Gasteiger partial charge in [0.1, 0.15) is 0 Å². The van der Waals surface area contributed by atoms with Crippen molar-refractivity contribution in [1.29, 1.82) is 0 Å². The molecule has 1 aliphatic rings. The van der Waals surface area contributed by atoms with Crippen molar-refractivity contribution >= 4 is 27.8 Å². The van der Waals surface area contributed by atoms with E-state index in [4.69, 9.17) is 0 Å². The highest BCUT2D eigenvalue weighted by Crippen LogP contribution is 2.52. The molecule has 0 fully saturated rings. The van der Waals surface area contributed by atoms with Gasteiger partial charge in [-0.05, 0) is 139 Å². The number of rotatable bonds is 8. The molecule has 61 heavy (non-hydrogen) atoms. The molecule has 0 bridgehead atoms. The maximum atomic E-state index is 2.39. The van der Waals surface area contributed by atoms with Crippen LogP contribution in [0.1, 0.15) is 23.6 Å². The molecule has 0 heterocycles. The number of benzene rings is 10. The molecule has 0 aromatic heterocycles. The van der Waals surface area contributed by atoms with Crippen LogP contribution in [-0.2, 0) is 5.41 Å². The highest BCUT2D eigenvalue weighted by Gasteiger charge is 2.40. The average molecular weight is 778 g/mol. The Morgan fingerprint density at radius 2 is 0.705 bits per heavy atom. The van der Waals surface area contributed by atoms with Crippen LogP contribution in [0.4, 0.5) is 17.1 Å². The first kappa shape index (κ1) is 36.3. The smallest absolute Gasteiger partial charge is 0.0462 e. The van der Waals surface area contributed by atoms with E-state index in [9.17, 15) is 0 Å². The number of hydrogen-bond donors (Lipinski definition) is 0. The zero-order valence-electron chi connectivity index (χ0n) is 34.0. The Kier molecular flexibility index (Phi) is 9.02. The molecular weight excluding hydrogens is 735 g/mol. The Labute approximate surface area is 358 Å². The van der Waals surface area contributed by atoms with Gasteiger partial charge in [0.05, 0.1) is 0 Å². The molecule has 10 aromatic carbocycles. The van der Waals surface area contributed by atoms with Crippen molar-refractivity contribution in [2.24, 2.45) is 0 Å². The second-order valence-corrected chi connectivity index (χ2v) is 16.2. The lowest BCUT2D eigenvalue weighted by molar-refractivity contribution is 0.714. The minimum Gasteiger partial charge on any atom is -0.311 e. The predicted octanol–water partition coefficient (Wildman–Crippen LogP) is 16.3. The van der Waals surface area contributed by atoms with Gasteiger partial charge in [-0.3, -0.25) is 0 Å². The van der Waals surface area contributed by atoms with E-state index in [1.807, 2.05) is 0 Å². The minimum absolute atomic E-state index is 0.243. The molecule has 0 atom stereocenters. The normalized spacial score (nSPS) is 12.5. The second-order valence-electron chi connectivity index (χ2n) is 16.2. The summed E-state index contributed by atoms with van der Waals surface area (Å²) in [5, 5.41) is 2.51. The first-order valence-corrected chi connectivity index (χ1v) is 21.2. The van der Waals surface area contributed by atoms with Gasteiger partial charge in [-0.15, -0.1) is 0 Å². The van der Waals surface area contributed by atoms with E-state index < -0.39 is 0 Å². The topological polar surface area (TPSA) is 3.24 Å². The van der Waals surface area contributed by atoms with Crippen LogP contribution in [0.2, 0.25) is 0 Å². The molecule has 0 amide bonds.